The maximum absolute atomic E-state index is 13.3. The second-order valence-corrected chi connectivity index (χ2v) is 10.7. The van der Waals surface area contributed by atoms with E-state index < -0.39 is 22.0 Å². The first-order valence-corrected chi connectivity index (χ1v) is 12.9. The summed E-state index contributed by atoms with van der Waals surface area (Å²) in [7, 11) is -3.88. The molecule has 1 amide bonds. The van der Waals surface area contributed by atoms with Gasteiger partial charge in [-0.05, 0) is 68.2 Å². The standard InChI is InChI=1S/C23H34N2O5S/c1-3-7-17-9-5-8-16(4-2)21(17)24-22(26)20-10-6-15-25(20)31(29,30)19-13-11-18(12-14-19)23(27)28/h11-14,16-17,20-21H,3-10,15H2,1-2H3,(H,24,26)(H,27,28). The first-order valence-electron chi connectivity index (χ1n) is 11.4. The molecule has 1 aromatic rings. The van der Waals surface area contributed by atoms with Crippen molar-refractivity contribution in [3.8, 4) is 0 Å². The van der Waals surface area contributed by atoms with Crippen LogP contribution in [0.4, 0.5) is 0 Å². The number of benzene rings is 1. The molecule has 2 N–H and O–H groups in total. The van der Waals surface area contributed by atoms with Crippen LogP contribution in [0.3, 0.4) is 0 Å². The van der Waals surface area contributed by atoms with E-state index in [4.69, 9.17) is 5.11 Å². The predicted molar refractivity (Wildman–Crippen MR) is 118 cm³/mol. The summed E-state index contributed by atoms with van der Waals surface area (Å²) in [5.74, 6) is -0.427. The minimum absolute atomic E-state index is 0.0187. The van der Waals surface area contributed by atoms with Gasteiger partial charge < -0.3 is 10.4 Å². The van der Waals surface area contributed by atoms with Gasteiger partial charge >= 0.3 is 5.97 Å². The third-order valence-electron chi connectivity index (χ3n) is 6.87. The molecule has 1 aliphatic carbocycles. The maximum Gasteiger partial charge on any atom is 0.335 e. The van der Waals surface area contributed by atoms with E-state index in [0.717, 1.165) is 32.1 Å². The van der Waals surface area contributed by atoms with E-state index in [9.17, 15) is 18.0 Å². The molecule has 4 unspecified atom stereocenters. The Morgan fingerprint density at radius 3 is 2.35 bits per heavy atom. The molecule has 0 radical (unpaired) electrons. The van der Waals surface area contributed by atoms with Gasteiger partial charge in [0.2, 0.25) is 15.9 Å². The molecular formula is C23H34N2O5S. The molecule has 1 saturated heterocycles. The van der Waals surface area contributed by atoms with Crippen LogP contribution < -0.4 is 5.32 Å². The zero-order valence-corrected chi connectivity index (χ0v) is 19.2. The summed E-state index contributed by atoms with van der Waals surface area (Å²) in [6.45, 7) is 4.61. The van der Waals surface area contributed by atoms with E-state index in [2.05, 4.69) is 19.2 Å². The van der Waals surface area contributed by atoms with Crippen LogP contribution in [0.1, 0.15) is 75.6 Å². The van der Waals surface area contributed by atoms with Gasteiger partial charge in [0, 0.05) is 12.6 Å². The van der Waals surface area contributed by atoms with Crippen molar-refractivity contribution in [1.82, 2.24) is 9.62 Å². The van der Waals surface area contributed by atoms with E-state index in [1.807, 2.05) is 0 Å². The lowest BCUT2D eigenvalue weighted by molar-refractivity contribution is -0.126. The minimum Gasteiger partial charge on any atom is -0.478 e. The van der Waals surface area contributed by atoms with Gasteiger partial charge in [-0.25, -0.2) is 13.2 Å². The minimum atomic E-state index is -3.88. The molecule has 1 heterocycles. The molecule has 1 aliphatic heterocycles. The fraction of sp³-hybridized carbons (Fsp3) is 0.652. The Kier molecular flexibility index (Phi) is 7.75. The average molecular weight is 451 g/mol. The molecule has 3 rings (SSSR count). The molecule has 0 aromatic heterocycles. The van der Waals surface area contributed by atoms with E-state index >= 15 is 0 Å². The topological polar surface area (TPSA) is 104 Å². The Bertz CT molecular complexity index is 882. The Morgan fingerprint density at radius 1 is 1.06 bits per heavy atom. The molecule has 0 bridgehead atoms. The highest BCUT2D eigenvalue weighted by molar-refractivity contribution is 7.89. The second-order valence-electron chi connectivity index (χ2n) is 8.79. The summed E-state index contributed by atoms with van der Waals surface area (Å²) in [5, 5.41) is 12.3. The average Bonchev–Trinajstić information content (AvgIpc) is 3.26. The fourth-order valence-corrected chi connectivity index (χ4v) is 6.89. The molecule has 172 valence electrons. The third kappa shape index (κ3) is 5.12. The molecule has 7 nitrogen and oxygen atoms in total. The Balaban J connectivity index is 1.78. The van der Waals surface area contributed by atoms with E-state index in [1.54, 1.807) is 0 Å². The lowest BCUT2D eigenvalue weighted by Crippen LogP contribution is -2.53. The first kappa shape index (κ1) is 23.7. The van der Waals surface area contributed by atoms with Gasteiger partial charge in [0.1, 0.15) is 6.04 Å². The molecule has 1 aromatic carbocycles. The number of carboxylic acids is 1. The highest BCUT2D eigenvalue weighted by Gasteiger charge is 2.41. The number of carboxylic acid groups (broad SMARTS) is 1. The van der Waals surface area contributed by atoms with Crippen LogP contribution >= 0.6 is 0 Å². The van der Waals surface area contributed by atoms with Gasteiger partial charge in [0.25, 0.3) is 0 Å². The predicted octanol–water partition coefficient (Wildman–Crippen LogP) is 3.65. The number of amides is 1. The van der Waals surface area contributed by atoms with Crippen LogP contribution in [0.25, 0.3) is 0 Å². The molecule has 2 aliphatic rings. The summed E-state index contributed by atoms with van der Waals surface area (Å²) in [6, 6.07) is 4.56. The quantitative estimate of drug-likeness (QED) is 0.629. The number of hydrogen-bond acceptors (Lipinski definition) is 4. The smallest absolute Gasteiger partial charge is 0.335 e. The summed E-state index contributed by atoms with van der Waals surface area (Å²) in [6.07, 6.45) is 7.68. The Labute approximate surface area is 185 Å². The van der Waals surface area contributed by atoms with Crippen molar-refractivity contribution in [2.45, 2.75) is 82.2 Å². The number of hydrogen-bond donors (Lipinski definition) is 2. The SMILES string of the molecule is CCCC1CCCC(CC)C1NC(=O)C1CCCN1S(=O)(=O)c1ccc(C(=O)O)cc1. The molecule has 31 heavy (non-hydrogen) atoms. The normalized spacial score (nSPS) is 27.2. The molecule has 4 atom stereocenters. The number of carbonyl (C=O) groups is 2. The van der Waals surface area contributed by atoms with Crippen molar-refractivity contribution in [3.05, 3.63) is 29.8 Å². The first-order chi connectivity index (χ1) is 14.8. The molecule has 0 spiro atoms. The van der Waals surface area contributed by atoms with Crippen LogP contribution in [0, 0.1) is 11.8 Å². The van der Waals surface area contributed by atoms with Crippen LogP contribution in [-0.2, 0) is 14.8 Å². The number of nitrogens with zero attached hydrogens (tertiary/aromatic N) is 1. The highest BCUT2D eigenvalue weighted by Crippen LogP contribution is 2.35. The fourth-order valence-electron chi connectivity index (χ4n) is 5.23. The van der Waals surface area contributed by atoms with Gasteiger partial charge in [-0.2, -0.15) is 4.31 Å². The van der Waals surface area contributed by atoms with Crippen LogP contribution in [0.15, 0.2) is 29.2 Å². The van der Waals surface area contributed by atoms with Crippen LogP contribution in [0.2, 0.25) is 0 Å². The zero-order valence-electron chi connectivity index (χ0n) is 18.4. The summed E-state index contributed by atoms with van der Waals surface area (Å²) >= 11 is 0. The molecule has 2 fully saturated rings. The molecular weight excluding hydrogens is 416 g/mol. The van der Waals surface area contributed by atoms with E-state index in [-0.39, 0.29) is 22.4 Å². The van der Waals surface area contributed by atoms with Crippen LogP contribution in [-0.4, -0.2) is 48.3 Å². The van der Waals surface area contributed by atoms with Gasteiger partial charge in [0.05, 0.1) is 10.5 Å². The Morgan fingerprint density at radius 2 is 1.74 bits per heavy atom. The van der Waals surface area contributed by atoms with Gasteiger partial charge in [-0.15, -0.1) is 0 Å². The van der Waals surface area contributed by atoms with E-state index in [0.29, 0.717) is 31.2 Å². The van der Waals surface area contributed by atoms with Crippen molar-refractivity contribution in [1.29, 1.82) is 0 Å². The summed E-state index contributed by atoms with van der Waals surface area (Å²) in [4.78, 5) is 24.3. The summed E-state index contributed by atoms with van der Waals surface area (Å²) in [5.41, 5.74) is 0.0273. The summed E-state index contributed by atoms with van der Waals surface area (Å²) < 4.78 is 27.7. The Hall–Kier alpha value is -1.93. The van der Waals surface area contributed by atoms with Crippen molar-refractivity contribution < 1.29 is 23.1 Å². The van der Waals surface area contributed by atoms with Gasteiger partial charge in [0.15, 0.2) is 0 Å². The van der Waals surface area contributed by atoms with E-state index in [1.165, 1.54) is 35.0 Å². The molecule has 8 heteroatoms. The van der Waals surface area contributed by atoms with Crippen LogP contribution in [0.5, 0.6) is 0 Å². The number of carbonyl (C=O) groups excluding carboxylic acids is 1. The monoisotopic (exact) mass is 450 g/mol. The number of rotatable bonds is 8. The number of aromatic carboxylic acids is 1. The van der Waals surface area contributed by atoms with Crippen molar-refractivity contribution in [2.75, 3.05) is 6.54 Å². The van der Waals surface area contributed by atoms with Crippen molar-refractivity contribution in [2.24, 2.45) is 11.8 Å². The lowest BCUT2D eigenvalue weighted by Gasteiger charge is -2.39. The second kappa shape index (κ2) is 10.1. The maximum atomic E-state index is 13.3. The highest BCUT2D eigenvalue weighted by atomic mass is 32.2. The van der Waals surface area contributed by atoms with Crippen molar-refractivity contribution in [3.63, 3.8) is 0 Å². The lowest BCUT2D eigenvalue weighted by atomic mass is 9.74. The number of nitrogens with one attached hydrogen (secondary N) is 1. The molecule has 1 saturated carbocycles. The van der Waals surface area contributed by atoms with Gasteiger partial charge in [-0.1, -0.05) is 33.1 Å². The number of sulfonamides is 1. The largest absolute Gasteiger partial charge is 0.478 e. The van der Waals surface area contributed by atoms with Crippen molar-refractivity contribution >= 4 is 21.9 Å². The zero-order chi connectivity index (χ0) is 22.6. The third-order valence-corrected chi connectivity index (χ3v) is 8.79. The van der Waals surface area contributed by atoms with Gasteiger partial charge in [-0.3, -0.25) is 4.79 Å².